The topological polar surface area (TPSA) is 20.2 Å². The fourth-order valence-electron chi connectivity index (χ4n) is 5.22. The highest BCUT2D eigenvalue weighted by molar-refractivity contribution is 5.95. The van der Waals surface area contributed by atoms with Crippen LogP contribution in [-0.4, -0.2) is 5.11 Å². The van der Waals surface area contributed by atoms with Gasteiger partial charge in [0.25, 0.3) is 0 Å². The summed E-state index contributed by atoms with van der Waals surface area (Å²) in [6.45, 7) is 0. The average Bonchev–Trinajstić information content (AvgIpc) is 3.20. The van der Waals surface area contributed by atoms with Crippen molar-refractivity contribution in [2.75, 3.05) is 0 Å². The van der Waals surface area contributed by atoms with Gasteiger partial charge in [0.1, 0.15) is 5.75 Å². The third kappa shape index (κ3) is 1.64. The summed E-state index contributed by atoms with van der Waals surface area (Å²) in [4.78, 5) is 0. The Hall–Kier alpha value is -3.76. The molecule has 1 atom stereocenters. The lowest BCUT2D eigenvalue weighted by Gasteiger charge is -2.30. The largest absolute Gasteiger partial charge is 0.508 e. The second kappa shape index (κ2) is 5.15. The summed E-state index contributed by atoms with van der Waals surface area (Å²) in [5.41, 5.74) is 10.0. The number of benzene rings is 4. The molecule has 0 fully saturated rings. The third-order valence-electron chi connectivity index (χ3n) is 6.24. The van der Waals surface area contributed by atoms with Gasteiger partial charge in [-0.3, -0.25) is 0 Å². The van der Waals surface area contributed by atoms with E-state index in [-0.39, 0.29) is 5.75 Å². The molecule has 0 saturated heterocycles. The first-order chi connectivity index (χ1) is 13.7. The third-order valence-corrected chi connectivity index (χ3v) is 6.24. The van der Waals surface area contributed by atoms with Gasteiger partial charge in [-0.25, -0.2) is 0 Å². The molecule has 1 spiro atoms. The van der Waals surface area contributed by atoms with Crippen molar-refractivity contribution in [3.63, 3.8) is 0 Å². The summed E-state index contributed by atoms with van der Waals surface area (Å²) in [5.74, 6) is 3.08. The predicted molar refractivity (Wildman–Crippen MR) is 112 cm³/mol. The maximum Gasteiger partial charge on any atom is 0.115 e. The molecule has 0 radical (unpaired) electrons. The second-order valence-electron chi connectivity index (χ2n) is 7.48. The zero-order valence-corrected chi connectivity index (χ0v) is 15.1. The van der Waals surface area contributed by atoms with Gasteiger partial charge < -0.3 is 5.11 Å². The van der Waals surface area contributed by atoms with Crippen LogP contribution < -0.4 is 0 Å². The lowest BCUT2D eigenvalue weighted by atomic mass is 9.70. The molecule has 28 heavy (non-hydrogen) atoms. The lowest BCUT2D eigenvalue weighted by Crippen LogP contribution is -2.25. The monoisotopic (exact) mass is 356 g/mol. The number of fused-ring (bicyclic) bond motifs is 10. The Bertz CT molecular complexity index is 1330. The molecule has 1 nitrogen and oxygen atoms in total. The molecule has 0 amide bonds. The molecule has 0 unspecified atom stereocenters. The lowest BCUT2D eigenvalue weighted by molar-refractivity contribution is 0.474. The summed E-state index contributed by atoms with van der Waals surface area (Å²) >= 11 is 0. The molecular weight excluding hydrogens is 340 g/mol. The van der Waals surface area contributed by atoms with Crippen LogP contribution in [0.1, 0.15) is 27.8 Å². The molecule has 0 heterocycles. The van der Waals surface area contributed by atoms with Crippen LogP contribution in [0.4, 0.5) is 0 Å². The van der Waals surface area contributed by atoms with Gasteiger partial charge in [-0.1, -0.05) is 66.6 Å². The van der Waals surface area contributed by atoms with Crippen LogP contribution in [0.5, 0.6) is 5.75 Å². The van der Waals surface area contributed by atoms with E-state index in [1.165, 1.54) is 38.9 Å². The zero-order chi connectivity index (χ0) is 18.9. The van der Waals surface area contributed by atoms with E-state index in [1.54, 1.807) is 6.07 Å². The van der Waals surface area contributed by atoms with Crippen molar-refractivity contribution in [2.24, 2.45) is 0 Å². The summed E-state index contributed by atoms with van der Waals surface area (Å²) in [7, 11) is 0. The Morgan fingerprint density at radius 1 is 0.607 bits per heavy atom. The first-order valence-electron chi connectivity index (χ1n) is 9.39. The van der Waals surface area contributed by atoms with Crippen LogP contribution >= 0.6 is 0 Å². The van der Waals surface area contributed by atoms with E-state index in [9.17, 15) is 5.11 Å². The first-order valence-corrected chi connectivity index (χ1v) is 9.39. The molecule has 4 aromatic rings. The molecule has 0 aliphatic heterocycles. The summed E-state index contributed by atoms with van der Waals surface area (Å²) < 4.78 is 0. The fourth-order valence-corrected chi connectivity index (χ4v) is 5.22. The molecule has 6 rings (SSSR count). The first kappa shape index (κ1) is 15.3. The number of rotatable bonds is 0. The van der Waals surface area contributed by atoms with Gasteiger partial charge in [0.2, 0.25) is 0 Å². The van der Waals surface area contributed by atoms with Crippen molar-refractivity contribution in [3.05, 3.63) is 113 Å². The minimum absolute atomic E-state index is 0.282. The molecule has 0 bridgehead atoms. The quantitative estimate of drug-likeness (QED) is 0.345. The van der Waals surface area contributed by atoms with Crippen LogP contribution in [0.15, 0.2) is 84.9 Å². The SMILES string of the molecule is C#Cc1ccc2c(c1)[C@]1(c3ccccc3-c3ccc(O)cc31)c1ccccc1-2. The minimum Gasteiger partial charge on any atom is -0.508 e. The maximum atomic E-state index is 10.4. The predicted octanol–water partition coefficient (Wildman–Crippen LogP) is 5.72. The summed E-state index contributed by atoms with van der Waals surface area (Å²) in [6, 6.07) is 29.1. The number of terminal acetylenes is 1. The highest BCUT2D eigenvalue weighted by Gasteiger charge is 2.51. The smallest absolute Gasteiger partial charge is 0.115 e. The molecule has 0 aromatic heterocycles. The van der Waals surface area contributed by atoms with Crippen LogP contribution in [-0.2, 0) is 5.41 Å². The fraction of sp³-hybridized carbons (Fsp3) is 0.0370. The van der Waals surface area contributed by atoms with Gasteiger partial charge in [-0.15, -0.1) is 6.42 Å². The van der Waals surface area contributed by atoms with Crippen LogP contribution in [0, 0.1) is 12.3 Å². The Kier molecular flexibility index (Phi) is 2.82. The molecule has 1 heteroatoms. The van der Waals surface area contributed by atoms with E-state index in [2.05, 4.69) is 66.6 Å². The molecule has 2 aliphatic carbocycles. The van der Waals surface area contributed by atoms with Gasteiger partial charge in [0.15, 0.2) is 0 Å². The van der Waals surface area contributed by atoms with Crippen LogP contribution in [0.3, 0.4) is 0 Å². The Labute approximate surface area is 163 Å². The van der Waals surface area contributed by atoms with Crippen molar-refractivity contribution in [1.29, 1.82) is 0 Å². The standard InChI is InChI=1S/C27H16O/c1-2-17-11-13-21-19-7-3-5-9-23(19)27(25(21)15-17)24-10-6-4-8-20(24)22-14-12-18(28)16-26(22)27/h1,3-16,28H/t27-/m1/s1. The molecule has 1 N–H and O–H groups in total. The zero-order valence-electron chi connectivity index (χ0n) is 15.1. The normalized spacial score (nSPS) is 17.5. The van der Waals surface area contributed by atoms with Gasteiger partial charge >= 0.3 is 0 Å². The van der Waals surface area contributed by atoms with Gasteiger partial charge in [0, 0.05) is 5.56 Å². The van der Waals surface area contributed by atoms with Gasteiger partial charge in [0.05, 0.1) is 5.41 Å². The van der Waals surface area contributed by atoms with E-state index in [4.69, 9.17) is 6.42 Å². The van der Waals surface area contributed by atoms with E-state index in [1.807, 2.05) is 18.2 Å². The molecule has 4 aromatic carbocycles. The minimum atomic E-state index is -0.455. The second-order valence-corrected chi connectivity index (χ2v) is 7.48. The molecule has 0 saturated carbocycles. The number of hydrogen-bond acceptors (Lipinski definition) is 1. The van der Waals surface area contributed by atoms with Crippen LogP contribution in [0.2, 0.25) is 0 Å². The Morgan fingerprint density at radius 2 is 1.14 bits per heavy atom. The van der Waals surface area contributed by atoms with Crippen molar-refractivity contribution < 1.29 is 5.11 Å². The van der Waals surface area contributed by atoms with Crippen molar-refractivity contribution >= 4 is 0 Å². The van der Waals surface area contributed by atoms with Gasteiger partial charge in [-0.05, 0) is 68.8 Å². The number of aromatic hydroxyl groups is 1. The van der Waals surface area contributed by atoms with E-state index in [0.29, 0.717) is 0 Å². The molecular formula is C27H16O. The van der Waals surface area contributed by atoms with E-state index >= 15 is 0 Å². The van der Waals surface area contributed by atoms with Crippen molar-refractivity contribution in [3.8, 4) is 40.3 Å². The maximum absolute atomic E-state index is 10.4. The number of hydrogen-bond donors (Lipinski definition) is 1. The Balaban J connectivity index is 1.87. The van der Waals surface area contributed by atoms with Gasteiger partial charge in [-0.2, -0.15) is 0 Å². The number of phenols is 1. The van der Waals surface area contributed by atoms with E-state index < -0.39 is 5.41 Å². The summed E-state index contributed by atoms with van der Waals surface area (Å²) in [5, 5.41) is 10.4. The molecule has 2 aliphatic rings. The highest BCUT2D eigenvalue weighted by atomic mass is 16.3. The van der Waals surface area contributed by atoms with Crippen molar-refractivity contribution in [1.82, 2.24) is 0 Å². The number of phenolic OH excluding ortho intramolecular Hbond substituents is 1. The van der Waals surface area contributed by atoms with Crippen LogP contribution in [0.25, 0.3) is 22.3 Å². The Morgan fingerprint density at radius 3 is 1.79 bits per heavy atom. The molecule has 130 valence electrons. The summed E-state index contributed by atoms with van der Waals surface area (Å²) in [6.07, 6.45) is 5.76. The van der Waals surface area contributed by atoms with Crippen molar-refractivity contribution in [2.45, 2.75) is 5.41 Å². The average molecular weight is 356 g/mol. The van der Waals surface area contributed by atoms with E-state index in [0.717, 1.165) is 11.1 Å². The highest BCUT2D eigenvalue weighted by Crippen LogP contribution is 2.63.